The third-order valence-corrected chi connectivity index (χ3v) is 3.19. The van der Waals surface area contributed by atoms with Crippen LogP contribution in [-0.2, 0) is 9.47 Å². The van der Waals surface area contributed by atoms with Crippen LogP contribution in [0.25, 0.3) is 0 Å². The minimum atomic E-state index is -0.494. The first-order chi connectivity index (χ1) is 8.30. The molecule has 1 atom stereocenters. The number of likely N-dealkylation sites (tertiary alicyclic amines) is 1. The molecule has 0 radical (unpaired) electrons. The summed E-state index contributed by atoms with van der Waals surface area (Å²) in [6.45, 7) is 7.03. The Morgan fingerprint density at radius 1 is 1.44 bits per heavy atom. The molecule has 2 amide bonds. The number of cyclic esters (lactones) is 1. The summed E-state index contributed by atoms with van der Waals surface area (Å²) in [6.07, 6.45) is 0.770. The molecule has 1 N–H and O–H groups in total. The molecular formula is C12H20N2O4. The fraction of sp³-hybridized carbons (Fsp3) is 0.833. The average Bonchev–Trinajstić information content (AvgIpc) is 2.59. The summed E-state index contributed by atoms with van der Waals surface area (Å²) in [4.78, 5) is 24.8. The molecule has 0 aliphatic carbocycles. The van der Waals surface area contributed by atoms with Gasteiger partial charge in [0.1, 0.15) is 5.60 Å². The van der Waals surface area contributed by atoms with Gasteiger partial charge in [-0.1, -0.05) is 0 Å². The van der Waals surface area contributed by atoms with Crippen LogP contribution in [0.15, 0.2) is 0 Å². The van der Waals surface area contributed by atoms with Crippen molar-refractivity contribution in [1.82, 2.24) is 10.2 Å². The Kier molecular flexibility index (Phi) is 3.12. The van der Waals surface area contributed by atoms with Gasteiger partial charge < -0.3 is 19.7 Å². The maximum absolute atomic E-state index is 11.9. The van der Waals surface area contributed by atoms with E-state index in [4.69, 9.17) is 9.47 Å². The minimum Gasteiger partial charge on any atom is -0.449 e. The van der Waals surface area contributed by atoms with Gasteiger partial charge in [0.25, 0.3) is 0 Å². The van der Waals surface area contributed by atoms with Gasteiger partial charge in [-0.15, -0.1) is 0 Å². The fourth-order valence-corrected chi connectivity index (χ4v) is 2.32. The van der Waals surface area contributed by atoms with E-state index >= 15 is 0 Å². The molecule has 102 valence electrons. The van der Waals surface area contributed by atoms with Crippen LogP contribution >= 0.6 is 0 Å². The Morgan fingerprint density at radius 2 is 2.17 bits per heavy atom. The zero-order valence-corrected chi connectivity index (χ0v) is 11.1. The van der Waals surface area contributed by atoms with E-state index < -0.39 is 11.7 Å². The van der Waals surface area contributed by atoms with Crippen LogP contribution in [0, 0.1) is 0 Å². The predicted molar refractivity (Wildman–Crippen MR) is 64.3 cm³/mol. The van der Waals surface area contributed by atoms with Crippen molar-refractivity contribution in [2.24, 2.45) is 0 Å². The van der Waals surface area contributed by atoms with Gasteiger partial charge in [-0.2, -0.15) is 0 Å². The topological polar surface area (TPSA) is 67.9 Å². The summed E-state index contributed by atoms with van der Waals surface area (Å²) in [5.74, 6) is 0. The lowest BCUT2D eigenvalue weighted by Crippen LogP contribution is -2.55. The monoisotopic (exact) mass is 256 g/mol. The van der Waals surface area contributed by atoms with Crippen molar-refractivity contribution < 1.29 is 19.1 Å². The first kappa shape index (κ1) is 13.0. The van der Waals surface area contributed by atoms with E-state index in [0.29, 0.717) is 19.7 Å². The molecular weight excluding hydrogens is 236 g/mol. The Bertz CT molecular complexity index is 364. The molecule has 1 spiro atoms. The number of amides is 2. The van der Waals surface area contributed by atoms with Crippen molar-refractivity contribution in [3.05, 3.63) is 0 Å². The number of ether oxygens (including phenoxy) is 2. The normalized spacial score (nSPS) is 27.9. The summed E-state index contributed by atoms with van der Waals surface area (Å²) in [7, 11) is 0. The number of hydrogen-bond donors (Lipinski definition) is 1. The molecule has 2 fully saturated rings. The van der Waals surface area contributed by atoms with Crippen molar-refractivity contribution in [1.29, 1.82) is 0 Å². The Hall–Kier alpha value is -1.46. The molecule has 0 aromatic rings. The number of rotatable bonds is 0. The van der Waals surface area contributed by atoms with Crippen molar-refractivity contribution in [2.45, 2.75) is 44.8 Å². The lowest BCUT2D eigenvalue weighted by molar-refractivity contribution is 0.0261. The first-order valence-corrected chi connectivity index (χ1v) is 6.23. The minimum absolute atomic E-state index is 0.319. The van der Waals surface area contributed by atoms with Crippen molar-refractivity contribution in [2.75, 3.05) is 19.7 Å². The number of hydrogen-bond acceptors (Lipinski definition) is 4. The van der Waals surface area contributed by atoms with Crippen molar-refractivity contribution in [3.63, 3.8) is 0 Å². The zero-order chi connectivity index (χ0) is 13.4. The molecule has 0 bridgehead atoms. The molecule has 0 saturated carbocycles. The van der Waals surface area contributed by atoms with Crippen LogP contribution in [0.2, 0.25) is 0 Å². The lowest BCUT2D eigenvalue weighted by Gasteiger charge is -2.34. The van der Waals surface area contributed by atoms with Crippen LogP contribution in [0.1, 0.15) is 33.6 Å². The van der Waals surface area contributed by atoms with Gasteiger partial charge in [-0.05, 0) is 27.2 Å². The third kappa shape index (κ3) is 2.86. The Morgan fingerprint density at radius 3 is 2.78 bits per heavy atom. The van der Waals surface area contributed by atoms with E-state index in [2.05, 4.69) is 5.32 Å². The van der Waals surface area contributed by atoms with E-state index in [1.165, 1.54) is 0 Å². The molecule has 6 nitrogen and oxygen atoms in total. The van der Waals surface area contributed by atoms with Gasteiger partial charge in [0.2, 0.25) is 0 Å². The fourth-order valence-electron chi connectivity index (χ4n) is 2.32. The molecule has 0 aromatic heterocycles. The average molecular weight is 256 g/mol. The summed E-state index contributed by atoms with van der Waals surface area (Å²) in [6, 6.07) is 0. The molecule has 2 saturated heterocycles. The maximum Gasteiger partial charge on any atom is 0.410 e. The zero-order valence-electron chi connectivity index (χ0n) is 11.1. The number of alkyl carbamates (subject to hydrolysis) is 1. The number of carbonyl (C=O) groups excluding carboxylic acids is 2. The van der Waals surface area contributed by atoms with Crippen molar-refractivity contribution >= 4 is 12.2 Å². The lowest BCUT2D eigenvalue weighted by atomic mass is 9.94. The highest BCUT2D eigenvalue weighted by molar-refractivity contribution is 5.71. The largest absolute Gasteiger partial charge is 0.449 e. The number of carbonyl (C=O) groups is 2. The van der Waals surface area contributed by atoms with Gasteiger partial charge in [-0.25, -0.2) is 9.59 Å². The van der Waals surface area contributed by atoms with Crippen molar-refractivity contribution in [3.8, 4) is 0 Å². The molecule has 0 unspecified atom stereocenters. The highest BCUT2D eigenvalue weighted by Crippen LogP contribution is 2.28. The number of nitrogens with one attached hydrogen (secondary N) is 1. The van der Waals surface area contributed by atoms with E-state index in [-0.39, 0.29) is 11.6 Å². The van der Waals surface area contributed by atoms with Crippen LogP contribution < -0.4 is 5.32 Å². The van der Waals surface area contributed by atoms with Gasteiger partial charge in [0, 0.05) is 19.5 Å². The Labute approximate surface area is 107 Å². The standard InChI is InChI=1S/C12H20N2O4/c1-11(2,3)18-10(16)14-6-4-12(8-14)5-7-17-9(15)13-12/h4-8H2,1-3H3,(H,13,15)/t12-/m1/s1. The SMILES string of the molecule is CC(C)(C)OC(=O)N1CC[C@@]2(CCOC(=O)N2)C1. The summed E-state index contributed by atoms with van der Waals surface area (Å²) in [5.41, 5.74) is -0.821. The molecule has 0 aromatic carbocycles. The molecule has 6 heteroatoms. The smallest absolute Gasteiger partial charge is 0.410 e. The third-order valence-electron chi connectivity index (χ3n) is 3.19. The predicted octanol–water partition coefficient (Wildman–Crippen LogP) is 1.50. The van der Waals surface area contributed by atoms with Crippen LogP contribution in [0.3, 0.4) is 0 Å². The van der Waals surface area contributed by atoms with E-state index in [9.17, 15) is 9.59 Å². The summed E-state index contributed by atoms with van der Waals surface area (Å²) in [5, 5.41) is 2.83. The van der Waals surface area contributed by atoms with E-state index in [0.717, 1.165) is 12.8 Å². The summed E-state index contributed by atoms with van der Waals surface area (Å²) >= 11 is 0. The van der Waals surface area contributed by atoms with Gasteiger partial charge >= 0.3 is 12.2 Å². The first-order valence-electron chi connectivity index (χ1n) is 6.23. The Balaban J connectivity index is 1.95. The van der Waals surface area contributed by atoms with Gasteiger partial charge in [0.15, 0.2) is 0 Å². The quantitative estimate of drug-likeness (QED) is 0.713. The molecule has 18 heavy (non-hydrogen) atoms. The van der Waals surface area contributed by atoms with E-state index in [1.807, 2.05) is 20.8 Å². The molecule has 2 aliphatic heterocycles. The second kappa shape index (κ2) is 4.33. The van der Waals surface area contributed by atoms with E-state index in [1.54, 1.807) is 4.90 Å². The summed E-state index contributed by atoms with van der Waals surface area (Å²) < 4.78 is 10.2. The van der Waals surface area contributed by atoms with Gasteiger partial charge in [0.05, 0.1) is 12.1 Å². The van der Waals surface area contributed by atoms with Crippen LogP contribution in [-0.4, -0.2) is 47.9 Å². The van der Waals surface area contributed by atoms with Gasteiger partial charge in [-0.3, -0.25) is 0 Å². The van der Waals surface area contributed by atoms with Crippen LogP contribution in [0.5, 0.6) is 0 Å². The second-order valence-corrected chi connectivity index (χ2v) is 5.94. The maximum atomic E-state index is 11.9. The van der Waals surface area contributed by atoms with Crippen LogP contribution in [0.4, 0.5) is 9.59 Å². The highest BCUT2D eigenvalue weighted by Gasteiger charge is 2.44. The molecule has 2 aliphatic rings. The number of nitrogens with zero attached hydrogens (tertiary/aromatic N) is 1. The highest BCUT2D eigenvalue weighted by atomic mass is 16.6. The molecule has 2 rings (SSSR count). The molecule has 2 heterocycles. The second-order valence-electron chi connectivity index (χ2n) is 5.94.